The van der Waals surface area contributed by atoms with Gasteiger partial charge < -0.3 is 0 Å². The summed E-state index contributed by atoms with van der Waals surface area (Å²) in [6, 6.07) is 16.1. The van der Waals surface area contributed by atoms with Crippen LogP contribution < -0.4 is 10.0 Å². The van der Waals surface area contributed by atoms with E-state index in [0.717, 1.165) is 5.56 Å². The van der Waals surface area contributed by atoms with E-state index in [9.17, 15) is 18.5 Å². The average Bonchev–Trinajstić information content (AvgIpc) is 3.10. The van der Waals surface area contributed by atoms with Crippen molar-refractivity contribution in [2.75, 3.05) is 5.32 Å². The minimum atomic E-state index is -4.08. The lowest BCUT2D eigenvalue weighted by Gasteiger charge is -2.12. The van der Waals surface area contributed by atoms with E-state index in [1.165, 1.54) is 23.0 Å². The molecule has 0 fully saturated rings. The van der Waals surface area contributed by atoms with Crippen LogP contribution in [0.15, 0.2) is 65.7 Å². The Morgan fingerprint density at radius 3 is 2.34 bits per heavy atom. The number of amides is 2. The topological polar surface area (TPSA) is 117 Å². The third-order valence-corrected chi connectivity index (χ3v) is 5.55. The van der Waals surface area contributed by atoms with Crippen LogP contribution in [0.25, 0.3) is 5.69 Å². The number of benzene rings is 2. The Bertz CT molecular complexity index is 1160. The van der Waals surface area contributed by atoms with Gasteiger partial charge in [-0.1, -0.05) is 44.2 Å². The lowest BCUT2D eigenvalue weighted by Crippen LogP contribution is -2.35. The number of carbonyl (C=O) groups excluding carboxylic acids is 1. The minimum absolute atomic E-state index is 0.0332. The fraction of sp³-hybridized carbons (Fsp3) is 0.150. The maximum Gasteiger partial charge on any atom is 0.334 e. The van der Waals surface area contributed by atoms with Gasteiger partial charge in [-0.05, 0) is 35.7 Å². The van der Waals surface area contributed by atoms with E-state index in [2.05, 4.69) is 10.4 Å². The van der Waals surface area contributed by atoms with Gasteiger partial charge in [-0.25, -0.2) is 22.6 Å². The number of nitrogens with one attached hydrogen (secondary N) is 2. The summed E-state index contributed by atoms with van der Waals surface area (Å²) in [5.74, 6) is 0.326. The summed E-state index contributed by atoms with van der Waals surface area (Å²) in [7, 11) is -4.08. The van der Waals surface area contributed by atoms with Crippen molar-refractivity contribution in [2.45, 2.75) is 24.7 Å². The number of hydrogen-bond acceptors (Lipinski definition) is 5. The van der Waals surface area contributed by atoms with Crippen LogP contribution in [0.4, 0.5) is 10.6 Å². The van der Waals surface area contributed by atoms with E-state index in [0.29, 0.717) is 5.69 Å². The zero-order valence-corrected chi connectivity index (χ0v) is 16.6. The monoisotopic (exact) mass is 409 g/mol. The van der Waals surface area contributed by atoms with E-state index in [-0.39, 0.29) is 22.2 Å². The summed E-state index contributed by atoms with van der Waals surface area (Å²) in [4.78, 5) is 12.3. The van der Waals surface area contributed by atoms with Gasteiger partial charge in [0.2, 0.25) is 0 Å². The van der Waals surface area contributed by atoms with Gasteiger partial charge in [-0.15, -0.1) is 0 Å². The van der Waals surface area contributed by atoms with Gasteiger partial charge in [0.25, 0.3) is 10.0 Å². The van der Waals surface area contributed by atoms with Crippen LogP contribution in [-0.2, 0) is 10.0 Å². The van der Waals surface area contributed by atoms with Gasteiger partial charge in [0, 0.05) is 0 Å². The third kappa shape index (κ3) is 4.44. The number of rotatable bonds is 5. The van der Waals surface area contributed by atoms with E-state index in [1.54, 1.807) is 36.4 Å². The van der Waals surface area contributed by atoms with Crippen LogP contribution in [-0.4, -0.2) is 24.2 Å². The molecule has 0 unspecified atom stereocenters. The summed E-state index contributed by atoms with van der Waals surface area (Å²) < 4.78 is 28.3. The quantitative estimate of drug-likeness (QED) is 0.670. The van der Waals surface area contributed by atoms with Gasteiger partial charge in [0.15, 0.2) is 5.82 Å². The zero-order valence-electron chi connectivity index (χ0n) is 15.8. The average molecular weight is 409 g/mol. The Labute approximate surface area is 168 Å². The van der Waals surface area contributed by atoms with Crippen molar-refractivity contribution in [1.82, 2.24) is 14.5 Å². The first-order valence-electron chi connectivity index (χ1n) is 8.79. The molecule has 0 aliphatic rings. The molecule has 0 saturated carbocycles. The molecule has 1 aromatic heterocycles. The second kappa shape index (κ2) is 8.16. The molecule has 3 aromatic rings. The highest BCUT2D eigenvalue weighted by Crippen LogP contribution is 2.20. The Morgan fingerprint density at radius 1 is 1.10 bits per heavy atom. The molecule has 2 N–H and O–H groups in total. The van der Waals surface area contributed by atoms with Crippen LogP contribution in [0.3, 0.4) is 0 Å². The number of nitrogens with zero attached hydrogens (tertiary/aromatic N) is 3. The molecule has 0 saturated heterocycles. The molecule has 0 atom stereocenters. The Morgan fingerprint density at radius 2 is 1.76 bits per heavy atom. The van der Waals surface area contributed by atoms with Gasteiger partial charge >= 0.3 is 6.03 Å². The van der Waals surface area contributed by atoms with Crippen LogP contribution in [0, 0.1) is 11.3 Å². The van der Waals surface area contributed by atoms with E-state index in [4.69, 9.17) is 0 Å². The lowest BCUT2D eigenvalue weighted by atomic mass is 10.0. The number of nitriles is 1. The van der Waals surface area contributed by atoms with Crippen LogP contribution in [0.1, 0.15) is 30.9 Å². The van der Waals surface area contributed by atoms with E-state index < -0.39 is 16.1 Å². The van der Waals surface area contributed by atoms with Crippen molar-refractivity contribution in [3.8, 4) is 11.8 Å². The molecule has 1 heterocycles. The molecular weight excluding hydrogens is 390 g/mol. The maximum atomic E-state index is 12.5. The van der Waals surface area contributed by atoms with Gasteiger partial charge in [0.05, 0.1) is 16.8 Å². The van der Waals surface area contributed by atoms with Crippen LogP contribution in [0.2, 0.25) is 0 Å². The van der Waals surface area contributed by atoms with E-state index in [1.807, 2.05) is 30.7 Å². The first-order valence-corrected chi connectivity index (χ1v) is 10.3. The number of aromatic nitrogens is 2. The predicted molar refractivity (Wildman–Crippen MR) is 108 cm³/mol. The van der Waals surface area contributed by atoms with Crippen molar-refractivity contribution >= 4 is 21.9 Å². The van der Waals surface area contributed by atoms with Crippen molar-refractivity contribution in [3.05, 3.63) is 71.9 Å². The predicted octanol–water partition coefficient (Wildman–Crippen LogP) is 3.38. The standard InChI is InChI=1S/C20H19N5O3S/c1-14(2)15-8-10-18(11-9-15)29(27,28)24-20(26)23-19-16(12-21)13-22-25(19)17-6-4-3-5-7-17/h3-11,13-14H,1-2H3,(H2,23,24,26). The molecule has 0 bridgehead atoms. The number of sulfonamides is 1. The number of hydrogen-bond donors (Lipinski definition) is 2. The Balaban J connectivity index is 1.82. The lowest BCUT2D eigenvalue weighted by molar-refractivity contribution is 0.256. The molecule has 3 rings (SSSR count). The summed E-state index contributed by atoms with van der Waals surface area (Å²) >= 11 is 0. The smallest absolute Gasteiger partial charge is 0.290 e. The van der Waals surface area contributed by atoms with E-state index >= 15 is 0 Å². The molecular formula is C20H19N5O3S. The van der Waals surface area contributed by atoms with Crippen LogP contribution >= 0.6 is 0 Å². The molecule has 2 amide bonds. The second-order valence-corrected chi connectivity index (χ2v) is 8.23. The fourth-order valence-corrected chi connectivity index (χ4v) is 3.57. The summed E-state index contributed by atoms with van der Waals surface area (Å²) in [6.07, 6.45) is 1.29. The first-order chi connectivity index (χ1) is 13.8. The summed E-state index contributed by atoms with van der Waals surface area (Å²) in [5.41, 5.74) is 1.69. The van der Waals surface area contributed by atoms with Crippen molar-refractivity contribution in [3.63, 3.8) is 0 Å². The Hall–Kier alpha value is -3.64. The van der Waals surface area contributed by atoms with Crippen molar-refractivity contribution < 1.29 is 13.2 Å². The fourth-order valence-electron chi connectivity index (χ4n) is 2.66. The molecule has 8 nitrogen and oxygen atoms in total. The van der Waals surface area contributed by atoms with Gasteiger partial charge in [-0.3, -0.25) is 5.32 Å². The zero-order chi connectivity index (χ0) is 21.0. The second-order valence-electron chi connectivity index (χ2n) is 6.55. The number of urea groups is 1. The molecule has 0 aliphatic carbocycles. The Kier molecular flexibility index (Phi) is 5.66. The van der Waals surface area contributed by atoms with Crippen molar-refractivity contribution in [1.29, 1.82) is 5.26 Å². The van der Waals surface area contributed by atoms with Gasteiger partial charge in [-0.2, -0.15) is 10.4 Å². The highest BCUT2D eigenvalue weighted by atomic mass is 32.2. The van der Waals surface area contributed by atoms with Crippen molar-refractivity contribution in [2.24, 2.45) is 0 Å². The first kappa shape index (κ1) is 20.1. The molecule has 0 aliphatic heterocycles. The molecule has 0 spiro atoms. The van der Waals surface area contributed by atoms with Gasteiger partial charge in [0.1, 0.15) is 11.6 Å². The highest BCUT2D eigenvalue weighted by Gasteiger charge is 2.21. The molecule has 2 aromatic carbocycles. The molecule has 29 heavy (non-hydrogen) atoms. The number of carbonyl (C=O) groups is 1. The largest absolute Gasteiger partial charge is 0.334 e. The normalized spacial score (nSPS) is 11.1. The molecule has 0 radical (unpaired) electrons. The minimum Gasteiger partial charge on any atom is -0.290 e. The molecule has 148 valence electrons. The molecule has 9 heteroatoms. The summed E-state index contributed by atoms with van der Waals surface area (Å²) in [6.45, 7) is 4.00. The third-order valence-electron chi connectivity index (χ3n) is 4.21. The SMILES string of the molecule is CC(C)c1ccc(S(=O)(=O)NC(=O)Nc2c(C#N)cnn2-c2ccccc2)cc1. The number of para-hydroxylation sites is 1. The maximum absolute atomic E-state index is 12.5. The summed E-state index contributed by atoms with van der Waals surface area (Å²) in [5, 5.41) is 15.8. The highest BCUT2D eigenvalue weighted by molar-refractivity contribution is 7.90. The van der Waals surface area contributed by atoms with Crippen LogP contribution in [0.5, 0.6) is 0 Å². The number of anilines is 1.